The minimum Gasteiger partial charge on any atom is -0.486 e. The highest BCUT2D eigenvalue weighted by Gasteiger charge is 2.27. The molecule has 1 amide bonds. The second kappa shape index (κ2) is 4.00. The lowest BCUT2D eigenvalue weighted by Crippen LogP contribution is -2.19. The van der Waals surface area contributed by atoms with Crippen LogP contribution in [0.5, 0.6) is 5.75 Å². The molecule has 1 aromatic heterocycles. The normalized spacial score (nSPS) is 14.6. The van der Waals surface area contributed by atoms with Crippen LogP contribution in [0.2, 0.25) is 0 Å². The van der Waals surface area contributed by atoms with Crippen molar-refractivity contribution in [1.29, 1.82) is 0 Å². The van der Waals surface area contributed by atoms with E-state index in [2.05, 4.69) is 4.98 Å². The van der Waals surface area contributed by atoms with Crippen LogP contribution >= 0.6 is 0 Å². The third-order valence-electron chi connectivity index (χ3n) is 2.41. The molecule has 5 nitrogen and oxygen atoms in total. The summed E-state index contributed by atoms with van der Waals surface area (Å²) in [5.41, 5.74) is 6.32. The summed E-state index contributed by atoms with van der Waals surface area (Å²) in [5.74, 6) is -0.0538. The Balaban J connectivity index is 2.42. The maximum atomic E-state index is 11.3. The maximum absolute atomic E-state index is 11.3. The molecular formula is C11H15N3O2. The molecule has 0 atom stereocenters. The first kappa shape index (κ1) is 10.7. The Morgan fingerprint density at radius 3 is 2.75 bits per heavy atom. The third kappa shape index (κ3) is 2.08. The summed E-state index contributed by atoms with van der Waals surface area (Å²) in [5, 5.41) is 0. The second-order valence-corrected chi connectivity index (χ2v) is 4.08. The number of pyridine rings is 1. The molecule has 0 radical (unpaired) electrons. The molecule has 2 rings (SSSR count). The van der Waals surface area contributed by atoms with Crippen molar-refractivity contribution in [3.05, 3.63) is 18.0 Å². The van der Waals surface area contributed by atoms with Crippen molar-refractivity contribution < 1.29 is 9.53 Å². The summed E-state index contributed by atoms with van der Waals surface area (Å²) in [7, 11) is 3.78. The fourth-order valence-electron chi connectivity index (χ4n) is 1.43. The van der Waals surface area contributed by atoms with E-state index in [0.717, 1.165) is 18.5 Å². The van der Waals surface area contributed by atoms with Crippen molar-refractivity contribution in [3.63, 3.8) is 0 Å². The Bertz CT molecular complexity index is 414. The van der Waals surface area contributed by atoms with Gasteiger partial charge in [0.2, 0.25) is 0 Å². The summed E-state index contributed by atoms with van der Waals surface area (Å²) in [6, 6.07) is 1.81. The van der Waals surface area contributed by atoms with Gasteiger partial charge in [0.1, 0.15) is 0 Å². The maximum Gasteiger partial charge on any atom is 0.271 e. The molecule has 2 N–H and O–H groups in total. The van der Waals surface area contributed by atoms with Crippen LogP contribution in [-0.2, 0) is 0 Å². The van der Waals surface area contributed by atoms with E-state index in [-0.39, 0.29) is 11.8 Å². The first-order chi connectivity index (χ1) is 7.59. The molecule has 1 aromatic rings. The number of aromatic nitrogens is 1. The van der Waals surface area contributed by atoms with Gasteiger partial charge in [-0.2, -0.15) is 0 Å². The average molecular weight is 221 g/mol. The van der Waals surface area contributed by atoms with E-state index in [1.54, 1.807) is 6.20 Å². The van der Waals surface area contributed by atoms with Gasteiger partial charge in [0.25, 0.3) is 5.91 Å². The summed E-state index contributed by atoms with van der Waals surface area (Å²) < 4.78 is 5.71. The predicted octanol–water partition coefficient (Wildman–Crippen LogP) is 0.788. The number of carbonyl (C=O) groups excluding carboxylic acids is 1. The molecule has 86 valence electrons. The molecule has 1 saturated carbocycles. The van der Waals surface area contributed by atoms with Crippen molar-refractivity contribution >= 4 is 11.6 Å². The molecule has 0 aliphatic heterocycles. The van der Waals surface area contributed by atoms with Crippen molar-refractivity contribution in [1.82, 2.24) is 4.98 Å². The number of anilines is 1. The molecular weight excluding hydrogens is 206 g/mol. The van der Waals surface area contributed by atoms with Gasteiger partial charge in [-0.25, -0.2) is 4.98 Å². The highest BCUT2D eigenvalue weighted by molar-refractivity contribution is 5.95. The van der Waals surface area contributed by atoms with Gasteiger partial charge in [-0.05, 0) is 18.9 Å². The molecule has 1 fully saturated rings. The van der Waals surface area contributed by atoms with Gasteiger partial charge in [-0.15, -0.1) is 0 Å². The van der Waals surface area contributed by atoms with Crippen LogP contribution in [-0.4, -0.2) is 31.1 Å². The van der Waals surface area contributed by atoms with Gasteiger partial charge in [0.05, 0.1) is 11.8 Å². The molecule has 0 unspecified atom stereocenters. The van der Waals surface area contributed by atoms with Gasteiger partial charge >= 0.3 is 0 Å². The lowest BCUT2D eigenvalue weighted by Gasteiger charge is -2.18. The van der Waals surface area contributed by atoms with Crippen molar-refractivity contribution in [2.75, 3.05) is 19.0 Å². The van der Waals surface area contributed by atoms with E-state index < -0.39 is 5.91 Å². The Morgan fingerprint density at radius 2 is 2.25 bits per heavy atom. The first-order valence-electron chi connectivity index (χ1n) is 5.22. The lowest BCUT2D eigenvalue weighted by atomic mass is 10.2. The van der Waals surface area contributed by atoms with Gasteiger partial charge in [0.15, 0.2) is 11.4 Å². The number of nitrogens with zero attached hydrogens (tertiary/aromatic N) is 2. The van der Waals surface area contributed by atoms with Crippen molar-refractivity contribution in [2.45, 2.75) is 18.9 Å². The Morgan fingerprint density at radius 1 is 1.56 bits per heavy atom. The minimum atomic E-state index is -0.556. The number of nitrogens with two attached hydrogens (primary N) is 1. The van der Waals surface area contributed by atoms with E-state index in [4.69, 9.17) is 10.5 Å². The van der Waals surface area contributed by atoms with Gasteiger partial charge < -0.3 is 15.4 Å². The smallest absolute Gasteiger partial charge is 0.271 e. The van der Waals surface area contributed by atoms with E-state index in [1.165, 1.54) is 0 Å². The number of primary amides is 1. The summed E-state index contributed by atoms with van der Waals surface area (Å²) in [6.07, 6.45) is 3.83. The number of ether oxygens (including phenoxy) is 1. The lowest BCUT2D eigenvalue weighted by molar-refractivity contribution is 0.0991. The monoisotopic (exact) mass is 221 g/mol. The number of amides is 1. The zero-order valence-corrected chi connectivity index (χ0v) is 9.43. The van der Waals surface area contributed by atoms with Crippen LogP contribution in [0.25, 0.3) is 0 Å². The molecule has 0 saturated heterocycles. The summed E-state index contributed by atoms with van der Waals surface area (Å²) >= 11 is 0. The van der Waals surface area contributed by atoms with Crippen LogP contribution in [0.15, 0.2) is 12.3 Å². The van der Waals surface area contributed by atoms with E-state index in [1.807, 2.05) is 25.1 Å². The van der Waals surface area contributed by atoms with Crippen molar-refractivity contribution in [2.24, 2.45) is 5.73 Å². The fourth-order valence-corrected chi connectivity index (χ4v) is 1.43. The quantitative estimate of drug-likeness (QED) is 0.816. The minimum absolute atomic E-state index is 0.207. The SMILES string of the molecule is CN(C)c1ccnc(C(N)=O)c1OC1CC1. The van der Waals surface area contributed by atoms with Crippen LogP contribution in [0.4, 0.5) is 5.69 Å². The fraction of sp³-hybridized carbons (Fsp3) is 0.455. The molecule has 1 aliphatic rings. The second-order valence-electron chi connectivity index (χ2n) is 4.08. The zero-order valence-electron chi connectivity index (χ0n) is 9.43. The van der Waals surface area contributed by atoms with Gasteiger partial charge in [-0.3, -0.25) is 4.79 Å². The summed E-state index contributed by atoms with van der Waals surface area (Å²) in [6.45, 7) is 0. The third-order valence-corrected chi connectivity index (χ3v) is 2.41. The van der Waals surface area contributed by atoms with E-state index in [9.17, 15) is 4.79 Å². The molecule has 0 aromatic carbocycles. The number of carbonyl (C=O) groups is 1. The summed E-state index contributed by atoms with van der Waals surface area (Å²) in [4.78, 5) is 17.1. The number of hydrogen-bond donors (Lipinski definition) is 1. The van der Waals surface area contributed by atoms with E-state index in [0.29, 0.717) is 5.75 Å². The molecule has 0 spiro atoms. The Hall–Kier alpha value is -1.78. The van der Waals surface area contributed by atoms with Crippen LogP contribution in [0.1, 0.15) is 23.3 Å². The Kier molecular flexibility index (Phi) is 2.68. The van der Waals surface area contributed by atoms with Crippen LogP contribution in [0, 0.1) is 0 Å². The highest BCUT2D eigenvalue weighted by Crippen LogP contribution is 2.35. The molecule has 16 heavy (non-hydrogen) atoms. The number of hydrogen-bond acceptors (Lipinski definition) is 4. The molecule has 5 heteroatoms. The van der Waals surface area contributed by atoms with E-state index >= 15 is 0 Å². The standard InChI is InChI=1S/C11H15N3O2/c1-14(2)8-5-6-13-9(11(12)15)10(8)16-7-3-4-7/h5-7H,3-4H2,1-2H3,(H2,12,15). The van der Waals surface area contributed by atoms with Crippen molar-refractivity contribution in [3.8, 4) is 5.75 Å². The average Bonchev–Trinajstić information content (AvgIpc) is 3.01. The first-order valence-corrected chi connectivity index (χ1v) is 5.22. The molecule has 0 bridgehead atoms. The largest absolute Gasteiger partial charge is 0.486 e. The van der Waals surface area contributed by atoms with Crippen LogP contribution < -0.4 is 15.4 Å². The van der Waals surface area contributed by atoms with Crippen LogP contribution in [0.3, 0.4) is 0 Å². The van der Waals surface area contributed by atoms with Gasteiger partial charge in [-0.1, -0.05) is 0 Å². The van der Waals surface area contributed by atoms with Gasteiger partial charge in [0, 0.05) is 20.3 Å². The highest BCUT2D eigenvalue weighted by atomic mass is 16.5. The number of rotatable bonds is 4. The zero-order chi connectivity index (χ0) is 11.7. The topological polar surface area (TPSA) is 68.5 Å². The Labute approximate surface area is 94.2 Å². The molecule has 1 heterocycles. The molecule has 1 aliphatic carbocycles. The predicted molar refractivity (Wildman–Crippen MR) is 60.7 cm³/mol.